The molecule has 1 N–H and O–H groups in total. The maximum atomic E-state index is 12.6. The van der Waals surface area contributed by atoms with E-state index in [0.29, 0.717) is 22.8 Å². The Hall–Kier alpha value is -3.27. The van der Waals surface area contributed by atoms with E-state index >= 15 is 0 Å². The van der Waals surface area contributed by atoms with Crippen LogP contribution in [-0.2, 0) is 11.8 Å². The normalized spacial score (nSPS) is 16.6. The lowest BCUT2D eigenvalue weighted by molar-refractivity contribution is -0.120. The van der Waals surface area contributed by atoms with Crippen LogP contribution < -0.4 is 15.0 Å². The highest BCUT2D eigenvalue weighted by Gasteiger charge is 2.31. The standard InChI is InChI=1S/C17H16N4O3/c1-20-11(9-18)7-8-14(20)16(22)19-12-10-24-15-6-4-3-5-13(15)21(2)17(12)23/h3-8,12H,10H2,1-2H3,(H,19,22)/t12-/m0/s1. The van der Waals surface area contributed by atoms with Gasteiger partial charge in [-0.1, -0.05) is 12.1 Å². The Labute approximate surface area is 139 Å². The Bertz CT molecular complexity index is 850. The topological polar surface area (TPSA) is 87.4 Å². The monoisotopic (exact) mass is 324 g/mol. The lowest BCUT2D eigenvalue weighted by Crippen LogP contribution is -2.49. The second kappa shape index (κ2) is 6.08. The van der Waals surface area contributed by atoms with Crippen LogP contribution in [0.2, 0.25) is 0 Å². The summed E-state index contributed by atoms with van der Waals surface area (Å²) in [6.07, 6.45) is 0. The van der Waals surface area contributed by atoms with Crippen molar-refractivity contribution in [3.8, 4) is 11.8 Å². The third kappa shape index (κ3) is 2.58. The van der Waals surface area contributed by atoms with Gasteiger partial charge in [-0.3, -0.25) is 9.59 Å². The van der Waals surface area contributed by atoms with Gasteiger partial charge in [0.15, 0.2) is 0 Å². The predicted octanol–water partition coefficient (Wildman–Crippen LogP) is 1.05. The predicted molar refractivity (Wildman–Crippen MR) is 86.7 cm³/mol. The molecule has 0 fully saturated rings. The molecule has 0 saturated heterocycles. The van der Waals surface area contributed by atoms with E-state index in [1.54, 1.807) is 38.4 Å². The SMILES string of the molecule is CN1C(=O)[C@@H](NC(=O)c2ccc(C#N)n2C)COc2ccccc21. The molecule has 2 amide bonds. The quantitative estimate of drug-likeness (QED) is 0.894. The zero-order valence-electron chi connectivity index (χ0n) is 13.3. The molecular formula is C17H16N4O3. The van der Waals surface area contributed by atoms with Gasteiger partial charge in [-0.25, -0.2) is 0 Å². The van der Waals surface area contributed by atoms with Gasteiger partial charge in [0.05, 0.1) is 5.69 Å². The van der Waals surface area contributed by atoms with Crippen molar-refractivity contribution in [2.24, 2.45) is 7.05 Å². The number of benzene rings is 1. The fourth-order valence-electron chi connectivity index (χ4n) is 2.64. The highest BCUT2D eigenvalue weighted by atomic mass is 16.5. The molecule has 2 aromatic rings. The number of nitrogens with zero attached hydrogens (tertiary/aromatic N) is 3. The maximum absolute atomic E-state index is 12.6. The molecule has 0 saturated carbocycles. The van der Waals surface area contributed by atoms with E-state index in [2.05, 4.69) is 5.32 Å². The van der Waals surface area contributed by atoms with Crippen molar-refractivity contribution >= 4 is 17.5 Å². The van der Waals surface area contributed by atoms with Gasteiger partial charge in [0.2, 0.25) is 0 Å². The maximum Gasteiger partial charge on any atom is 0.268 e. The molecule has 7 nitrogen and oxygen atoms in total. The third-order valence-corrected chi connectivity index (χ3v) is 4.04. The summed E-state index contributed by atoms with van der Waals surface area (Å²) >= 11 is 0. The van der Waals surface area contributed by atoms with Crippen molar-refractivity contribution in [3.63, 3.8) is 0 Å². The molecule has 7 heteroatoms. The van der Waals surface area contributed by atoms with E-state index in [0.717, 1.165) is 0 Å². The van der Waals surface area contributed by atoms with Gasteiger partial charge in [-0.2, -0.15) is 5.26 Å². The second-order valence-electron chi connectivity index (χ2n) is 5.48. The molecule has 0 unspecified atom stereocenters. The van der Waals surface area contributed by atoms with Crippen LogP contribution in [0.4, 0.5) is 5.69 Å². The van der Waals surface area contributed by atoms with Crippen LogP contribution in [0.1, 0.15) is 16.2 Å². The van der Waals surface area contributed by atoms with E-state index < -0.39 is 11.9 Å². The summed E-state index contributed by atoms with van der Waals surface area (Å²) in [5.41, 5.74) is 1.33. The van der Waals surface area contributed by atoms with Crippen LogP contribution in [0.25, 0.3) is 0 Å². The minimum Gasteiger partial charge on any atom is -0.489 e. The molecule has 0 aliphatic carbocycles. The van der Waals surface area contributed by atoms with E-state index in [1.165, 1.54) is 9.47 Å². The molecule has 0 bridgehead atoms. The number of nitrogens with one attached hydrogen (secondary N) is 1. The molecule has 1 aliphatic heterocycles. The number of carbonyl (C=O) groups is 2. The lowest BCUT2D eigenvalue weighted by atomic mass is 10.2. The Morgan fingerprint density at radius 3 is 2.75 bits per heavy atom. The number of para-hydroxylation sites is 2. The van der Waals surface area contributed by atoms with Crippen molar-refractivity contribution < 1.29 is 14.3 Å². The molecule has 3 rings (SSSR count). The highest BCUT2D eigenvalue weighted by molar-refractivity contribution is 6.03. The molecule has 0 radical (unpaired) electrons. The molecule has 122 valence electrons. The van der Waals surface area contributed by atoms with Crippen molar-refractivity contribution in [2.75, 3.05) is 18.6 Å². The van der Waals surface area contributed by atoms with Crippen molar-refractivity contribution in [1.29, 1.82) is 5.26 Å². The van der Waals surface area contributed by atoms with Gasteiger partial charge in [-0.05, 0) is 24.3 Å². The minimum absolute atomic E-state index is 0.0431. The second-order valence-corrected chi connectivity index (χ2v) is 5.48. The lowest BCUT2D eigenvalue weighted by Gasteiger charge is -2.20. The summed E-state index contributed by atoms with van der Waals surface area (Å²) in [7, 11) is 3.27. The number of rotatable bonds is 2. The first-order chi connectivity index (χ1) is 11.5. The molecule has 24 heavy (non-hydrogen) atoms. The van der Waals surface area contributed by atoms with Crippen LogP contribution in [0.3, 0.4) is 0 Å². The Morgan fingerprint density at radius 1 is 1.29 bits per heavy atom. The molecule has 1 aromatic heterocycles. The van der Waals surface area contributed by atoms with E-state index in [-0.39, 0.29) is 12.5 Å². The zero-order valence-corrected chi connectivity index (χ0v) is 13.3. The van der Waals surface area contributed by atoms with Crippen molar-refractivity contribution in [3.05, 3.63) is 47.8 Å². The summed E-state index contributed by atoms with van der Waals surface area (Å²) in [5.74, 6) is -0.0981. The molecular weight excluding hydrogens is 308 g/mol. The average Bonchev–Trinajstić information content (AvgIpc) is 2.93. The Morgan fingerprint density at radius 2 is 2.04 bits per heavy atom. The minimum atomic E-state index is -0.810. The van der Waals surface area contributed by atoms with Crippen molar-refractivity contribution in [1.82, 2.24) is 9.88 Å². The van der Waals surface area contributed by atoms with Crippen molar-refractivity contribution in [2.45, 2.75) is 6.04 Å². The Balaban J connectivity index is 1.81. The van der Waals surface area contributed by atoms with Crippen LogP contribution in [-0.4, -0.2) is 36.1 Å². The number of amides is 2. The van der Waals surface area contributed by atoms with Gasteiger partial charge < -0.3 is 19.5 Å². The molecule has 1 aromatic carbocycles. The summed E-state index contributed by atoms with van der Waals surface area (Å²) < 4.78 is 7.14. The summed E-state index contributed by atoms with van der Waals surface area (Å²) in [4.78, 5) is 26.5. The van der Waals surface area contributed by atoms with E-state index in [1.807, 2.05) is 18.2 Å². The van der Waals surface area contributed by atoms with Gasteiger partial charge in [0.1, 0.15) is 35.9 Å². The third-order valence-electron chi connectivity index (χ3n) is 4.04. The largest absolute Gasteiger partial charge is 0.489 e. The number of anilines is 1. The average molecular weight is 324 g/mol. The van der Waals surface area contributed by atoms with Crippen LogP contribution in [0.5, 0.6) is 5.75 Å². The number of hydrogen-bond donors (Lipinski definition) is 1. The van der Waals surface area contributed by atoms with Crippen LogP contribution in [0.15, 0.2) is 36.4 Å². The number of likely N-dealkylation sites (N-methyl/N-ethyl adjacent to an activating group) is 1. The highest BCUT2D eigenvalue weighted by Crippen LogP contribution is 2.29. The smallest absolute Gasteiger partial charge is 0.268 e. The number of carbonyl (C=O) groups excluding carboxylic acids is 2. The molecule has 1 atom stereocenters. The molecule has 1 aliphatic rings. The van der Waals surface area contributed by atoms with Gasteiger partial charge in [-0.15, -0.1) is 0 Å². The van der Waals surface area contributed by atoms with Gasteiger partial charge in [0.25, 0.3) is 11.8 Å². The number of hydrogen-bond acceptors (Lipinski definition) is 4. The number of ether oxygens (including phenoxy) is 1. The fraction of sp³-hybridized carbons (Fsp3) is 0.235. The first kappa shape index (κ1) is 15.6. The summed E-state index contributed by atoms with van der Waals surface area (Å²) in [5, 5.41) is 11.6. The van der Waals surface area contributed by atoms with Gasteiger partial charge in [0, 0.05) is 14.1 Å². The number of fused-ring (bicyclic) bond motifs is 1. The number of nitriles is 1. The van der Waals surface area contributed by atoms with E-state index in [9.17, 15) is 9.59 Å². The molecule has 2 heterocycles. The summed E-state index contributed by atoms with van der Waals surface area (Å²) in [6.45, 7) is 0.0431. The van der Waals surface area contributed by atoms with E-state index in [4.69, 9.17) is 10.00 Å². The van der Waals surface area contributed by atoms with Gasteiger partial charge >= 0.3 is 0 Å². The zero-order chi connectivity index (χ0) is 17.3. The van der Waals surface area contributed by atoms with Crippen LogP contribution in [0, 0.1) is 11.3 Å². The summed E-state index contributed by atoms with van der Waals surface area (Å²) in [6, 6.07) is 11.5. The Kier molecular flexibility index (Phi) is 3.96. The number of aromatic nitrogens is 1. The first-order valence-electron chi connectivity index (χ1n) is 7.39. The fourth-order valence-corrected chi connectivity index (χ4v) is 2.64. The first-order valence-corrected chi connectivity index (χ1v) is 7.39. The van der Waals surface area contributed by atoms with Crippen LogP contribution >= 0.6 is 0 Å². The molecule has 0 spiro atoms.